The number of H-pyrrole nitrogens is 1. The second kappa shape index (κ2) is 8.64. The molecule has 4 rings (SSSR count). The molecule has 0 aliphatic heterocycles. The quantitative estimate of drug-likeness (QED) is 0.480. The standard InChI is InChI=1S/C20H22N4O4S3/c1-11-6-7-12(8-14(11)24-31(2,27)28)21-17(25)10-29-9-16-22-19(26)18-13-4-3-5-15(13)30-20(18)23-16/h6-8,24H,3-5,9-10H2,1-2H3,(H,21,25)(H,22,23,26). The number of nitrogens with one attached hydrogen (secondary N) is 3. The van der Waals surface area contributed by atoms with Gasteiger partial charge < -0.3 is 10.3 Å². The number of hydrogen-bond acceptors (Lipinski definition) is 7. The van der Waals surface area contributed by atoms with Gasteiger partial charge in [-0.1, -0.05) is 6.07 Å². The summed E-state index contributed by atoms with van der Waals surface area (Å²) in [5.41, 5.74) is 2.72. The minimum atomic E-state index is -3.41. The highest BCUT2D eigenvalue weighted by molar-refractivity contribution is 7.99. The molecule has 3 N–H and O–H groups in total. The van der Waals surface area contributed by atoms with E-state index in [1.807, 2.05) is 0 Å². The van der Waals surface area contributed by atoms with Gasteiger partial charge in [-0.25, -0.2) is 13.4 Å². The molecule has 3 aromatic rings. The number of aryl methyl sites for hydroxylation is 3. The Morgan fingerprint density at radius 3 is 2.90 bits per heavy atom. The van der Waals surface area contributed by atoms with Gasteiger partial charge in [0, 0.05) is 10.6 Å². The maximum Gasteiger partial charge on any atom is 0.259 e. The summed E-state index contributed by atoms with van der Waals surface area (Å²) in [7, 11) is -3.41. The van der Waals surface area contributed by atoms with Crippen LogP contribution in [0.25, 0.3) is 10.2 Å². The SMILES string of the molecule is Cc1ccc(NC(=O)CSCc2nc3sc4c(c3c(=O)[nH]2)CCC4)cc1NS(C)(=O)=O. The maximum absolute atomic E-state index is 12.5. The third-order valence-electron chi connectivity index (χ3n) is 4.91. The number of benzene rings is 1. The van der Waals surface area contributed by atoms with Gasteiger partial charge in [0.25, 0.3) is 5.56 Å². The predicted octanol–water partition coefficient (Wildman–Crippen LogP) is 3.03. The molecular weight excluding hydrogens is 456 g/mol. The maximum atomic E-state index is 12.5. The van der Waals surface area contributed by atoms with Crippen LogP contribution in [0.4, 0.5) is 11.4 Å². The van der Waals surface area contributed by atoms with Crippen molar-refractivity contribution < 1.29 is 13.2 Å². The first kappa shape index (κ1) is 21.8. The van der Waals surface area contributed by atoms with Gasteiger partial charge in [0.15, 0.2) is 0 Å². The van der Waals surface area contributed by atoms with Crippen LogP contribution < -0.4 is 15.6 Å². The Bertz CT molecular complexity index is 1330. The number of sulfonamides is 1. The summed E-state index contributed by atoms with van der Waals surface area (Å²) in [4.78, 5) is 34.3. The smallest absolute Gasteiger partial charge is 0.259 e. The zero-order chi connectivity index (χ0) is 22.2. The zero-order valence-corrected chi connectivity index (χ0v) is 19.5. The highest BCUT2D eigenvalue weighted by Gasteiger charge is 2.21. The Balaban J connectivity index is 1.37. The average Bonchev–Trinajstić information content (AvgIpc) is 3.24. The minimum absolute atomic E-state index is 0.102. The largest absolute Gasteiger partial charge is 0.325 e. The number of rotatable bonds is 7. The Morgan fingerprint density at radius 1 is 1.32 bits per heavy atom. The summed E-state index contributed by atoms with van der Waals surface area (Å²) in [6, 6.07) is 5.04. The molecule has 1 aromatic carbocycles. The molecule has 0 fully saturated rings. The van der Waals surface area contributed by atoms with Crippen LogP contribution in [0.15, 0.2) is 23.0 Å². The van der Waals surface area contributed by atoms with Crippen molar-refractivity contribution in [3.05, 3.63) is 50.4 Å². The Labute approximate surface area is 187 Å². The first-order valence-corrected chi connectivity index (χ1v) is 13.6. The molecule has 11 heteroatoms. The van der Waals surface area contributed by atoms with Gasteiger partial charge in [0.05, 0.1) is 28.8 Å². The van der Waals surface area contributed by atoms with Crippen molar-refractivity contribution in [2.45, 2.75) is 31.9 Å². The fraction of sp³-hybridized carbons (Fsp3) is 0.350. The van der Waals surface area contributed by atoms with Crippen molar-refractivity contribution in [2.75, 3.05) is 22.0 Å². The number of aromatic amines is 1. The van der Waals surface area contributed by atoms with E-state index < -0.39 is 10.0 Å². The number of amides is 1. The van der Waals surface area contributed by atoms with E-state index >= 15 is 0 Å². The van der Waals surface area contributed by atoms with Crippen molar-refractivity contribution in [2.24, 2.45) is 0 Å². The lowest BCUT2D eigenvalue weighted by atomic mass is 10.2. The van der Waals surface area contributed by atoms with Gasteiger partial charge in [-0.15, -0.1) is 23.1 Å². The molecule has 2 aromatic heterocycles. The Hall–Kier alpha value is -2.37. The highest BCUT2D eigenvalue weighted by atomic mass is 32.2. The van der Waals surface area contributed by atoms with Crippen molar-refractivity contribution in [1.29, 1.82) is 0 Å². The predicted molar refractivity (Wildman–Crippen MR) is 127 cm³/mol. The number of carbonyl (C=O) groups excluding carboxylic acids is 1. The topological polar surface area (TPSA) is 121 Å². The van der Waals surface area contributed by atoms with E-state index in [4.69, 9.17) is 0 Å². The van der Waals surface area contributed by atoms with Gasteiger partial charge in [0.1, 0.15) is 10.7 Å². The average molecular weight is 479 g/mol. The van der Waals surface area contributed by atoms with E-state index in [0.717, 1.165) is 46.9 Å². The lowest BCUT2D eigenvalue weighted by Crippen LogP contribution is -2.16. The van der Waals surface area contributed by atoms with Gasteiger partial charge in [-0.3, -0.25) is 14.3 Å². The molecular formula is C20H22N4O4S3. The number of anilines is 2. The minimum Gasteiger partial charge on any atom is -0.325 e. The van der Waals surface area contributed by atoms with Crippen LogP contribution in [0.3, 0.4) is 0 Å². The molecule has 31 heavy (non-hydrogen) atoms. The third-order valence-corrected chi connectivity index (χ3v) is 7.63. The molecule has 0 saturated heterocycles. The summed E-state index contributed by atoms with van der Waals surface area (Å²) >= 11 is 2.94. The molecule has 0 atom stereocenters. The molecule has 0 bridgehead atoms. The number of hydrogen-bond donors (Lipinski definition) is 3. The van der Waals surface area contributed by atoms with Crippen LogP contribution in [0, 0.1) is 6.92 Å². The molecule has 0 saturated carbocycles. The van der Waals surface area contributed by atoms with Crippen molar-refractivity contribution in [3.63, 3.8) is 0 Å². The Kier molecular flexibility index (Phi) is 6.09. The van der Waals surface area contributed by atoms with E-state index in [1.165, 1.54) is 16.6 Å². The molecule has 0 spiro atoms. The normalized spacial score (nSPS) is 13.4. The lowest BCUT2D eigenvalue weighted by molar-refractivity contribution is -0.113. The fourth-order valence-electron chi connectivity index (χ4n) is 3.56. The number of thioether (sulfide) groups is 1. The van der Waals surface area contributed by atoms with Crippen LogP contribution >= 0.6 is 23.1 Å². The van der Waals surface area contributed by atoms with Crippen molar-refractivity contribution in [1.82, 2.24) is 9.97 Å². The molecule has 2 heterocycles. The molecule has 164 valence electrons. The molecule has 8 nitrogen and oxygen atoms in total. The monoisotopic (exact) mass is 478 g/mol. The van der Waals surface area contributed by atoms with Gasteiger partial charge in [-0.2, -0.15) is 0 Å². The summed E-state index contributed by atoms with van der Waals surface area (Å²) in [6.07, 6.45) is 4.12. The van der Waals surface area contributed by atoms with Crippen molar-refractivity contribution >= 4 is 60.6 Å². The van der Waals surface area contributed by atoms with Gasteiger partial charge in [-0.05, 0) is 49.4 Å². The first-order chi connectivity index (χ1) is 14.7. The number of fused-ring (bicyclic) bond motifs is 3. The number of aromatic nitrogens is 2. The molecule has 1 aliphatic rings. The molecule has 0 unspecified atom stereocenters. The van der Waals surface area contributed by atoms with E-state index in [1.54, 1.807) is 36.5 Å². The second-order valence-electron chi connectivity index (χ2n) is 7.50. The van der Waals surface area contributed by atoms with Crippen LogP contribution in [0.5, 0.6) is 0 Å². The van der Waals surface area contributed by atoms with Gasteiger partial charge >= 0.3 is 0 Å². The third kappa shape index (κ3) is 5.10. The van der Waals surface area contributed by atoms with Crippen LogP contribution in [0.1, 0.15) is 28.2 Å². The molecule has 1 amide bonds. The van der Waals surface area contributed by atoms with Crippen LogP contribution in [-0.4, -0.2) is 36.3 Å². The van der Waals surface area contributed by atoms with Gasteiger partial charge in [0.2, 0.25) is 15.9 Å². The summed E-state index contributed by atoms with van der Waals surface area (Å²) in [6.45, 7) is 1.78. The van der Waals surface area contributed by atoms with E-state index in [2.05, 4.69) is 20.0 Å². The van der Waals surface area contributed by atoms with E-state index in [0.29, 0.717) is 23.0 Å². The van der Waals surface area contributed by atoms with Crippen molar-refractivity contribution in [3.8, 4) is 0 Å². The van der Waals surface area contributed by atoms with E-state index in [9.17, 15) is 18.0 Å². The Morgan fingerprint density at radius 2 is 2.13 bits per heavy atom. The van der Waals surface area contributed by atoms with E-state index in [-0.39, 0.29) is 17.2 Å². The van der Waals surface area contributed by atoms with Crippen LogP contribution in [0.2, 0.25) is 0 Å². The first-order valence-electron chi connectivity index (χ1n) is 9.69. The zero-order valence-electron chi connectivity index (χ0n) is 17.1. The number of carbonyl (C=O) groups is 1. The number of thiophene rings is 1. The summed E-state index contributed by atoms with van der Waals surface area (Å²) < 4.78 is 25.4. The molecule has 1 aliphatic carbocycles. The molecule has 0 radical (unpaired) electrons. The summed E-state index contributed by atoms with van der Waals surface area (Å²) in [5, 5.41) is 3.49. The lowest BCUT2D eigenvalue weighted by Gasteiger charge is -2.11. The van der Waals surface area contributed by atoms with Crippen LogP contribution in [-0.2, 0) is 33.4 Å². The second-order valence-corrected chi connectivity index (χ2v) is 11.3. The summed E-state index contributed by atoms with van der Waals surface area (Å²) in [5.74, 6) is 0.921. The number of nitrogens with zero attached hydrogens (tertiary/aromatic N) is 1. The fourth-order valence-corrected chi connectivity index (χ4v) is 6.15. The highest BCUT2D eigenvalue weighted by Crippen LogP contribution is 2.34.